The highest BCUT2D eigenvalue weighted by molar-refractivity contribution is 14.0. The molecular formula is C20H27BrIN5. The molecule has 2 N–H and O–H groups in total. The molecule has 1 fully saturated rings. The first-order valence-corrected chi connectivity index (χ1v) is 9.65. The van der Waals surface area contributed by atoms with E-state index < -0.39 is 0 Å². The quantitative estimate of drug-likeness (QED) is 0.329. The fourth-order valence-corrected chi connectivity index (χ4v) is 3.40. The molecule has 0 unspecified atom stereocenters. The van der Waals surface area contributed by atoms with Crippen molar-refractivity contribution in [3.05, 3.63) is 58.2 Å². The summed E-state index contributed by atoms with van der Waals surface area (Å²) in [4.78, 5) is 11.0. The van der Waals surface area contributed by atoms with E-state index in [1.807, 2.05) is 37.2 Å². The standard InChI is InChI=1S/C20H26BrN5.HI/c1-22-19(23-13-17-8-5-9-18(25-17)26(2)3)24-14-20(10-11-20)15-6-4-7-16(21)12-15;/h4-9,12H,10-11,13-14H2,1-3H3,(H2,22,23,24);1H. The van der Waals surface area contributed by atoms with Crippen LogP contribution in [-0.2, 0) is 12.0 Å². The van der Waals surface area contributed by atoms with Gasteiger partial charge in [-0.25, -0.2) is 4.98 Å². The molecule has 7 heteroatoms. The zero-order chi connectivity index (χ0) is 18.6. The van der Waals surface area contributed by atoms with E-state index in [0.717, 1.165) is 28.5 Å². The van der Waals surface area contributed by atoms with Crippen molar-refractivity contribution in [3.8, 4) is 0 Å². The van der Waals surface area contributed by atoms with Gasteiger partial charge in [-0.15, -0.1) is 24.0 Å². The summed E-state index contributed by atoms with van der Waals surface area (Å²) in [6.45, 7) is 1.53. The first-order valence-electron chi connectivity index (χ1n) is 8.86. The summed E-state index contributed by atoms with van der Waals surface area (Å²) in [6.07, 6.45) is 2.42. The zero-order valence-corrected chi connectivity index (χ0v) is 19.9. The molecule has 0 atom stereocenters. The molecule has 3 rings (SSSR count). The molecule has 27 heavy (non-hydrogen) atoms. The Labute approximate surface area is 187 Å². The molecule has 2 aromatic rings. The van der Waals surface area contributed by atoms with E-state index in [9.17, 15) is 0 Å². The van der Waals surface area contributed by atoms with Crippen LogP contribution in [0, 0.1) is 0 Å². The topological polar surface area (TPSA) is 52.6 Å². The van der Waals surface area contributed by atoms with Crippen LogP contribution in [-0.4, -0.2) is 38.6 Å². The minimum atomic E-state index is 0. The lowest BCUT2D eigenvalue weighted by Gasteiger charge is -2.19. The average molecular weight is 544 g/mol. The van der Waals surface area contributed by atoms with Crippen molar-refractivity contribution in [1.29, 1.82) is 0 Å². The molecule has 146 valence electrons. The number of nitrogens with zero attached hydrogens (tertiary/aromatic N) is 3. The number of nitrogens with one attached hydrogen (secondary N) is 2. The minimum absolute atomic E-state index is 0. The van der Waals surface area contributed by atoms with E-state index in [4.69, 9.17) is 0 Å². The van der Waals surface area contributed by atoms with Crippen molar-refractivity contribution in [2.45, 2.75) is 24.8 Å². The maximum absolute atomic E-state index is 4.63. The monoisotopic (exact) mass is 543 g/mol. The Bertz CT molecular complexity index is 789. The van der Waals surface area contributed by atoms with Gasteiger partial charge < -0.3 is 15.5 Å². The number of hydrogen-bond acceptors (Lipinski definition) is 3. The van der Waals surface area contributed by atoms with Crippen LogP contribution < -0.4 is 15.5 Å². The molecular weight excluding hydrogens is 517 g/mol. The molecule has 1 saturated carbocycles. The van der Waals surface area contributed by atoms with Gasteiger partial charge in [-0.1, -0.05) is 34.1 Å². The molecule has 1 aromatic heterocycles. The van der Waals surface area contributed by atoms with Crippen LogP contribution in [0.15, 0.2) is 51.9 Å². The van der Waals surface area contributed by atoms with Gasteiger partial charge in [0.1, 0.15) is 5.82 Å². The highest BCUT2D eigenvalue weighted by atomic mass is 127. The Morgan fingerprint density at radius 2 is 1.93 bits per heavy atom. The van der Waals surface area contributed by atoms with Gasteiger partial charge in [-0.05, 0) is 42.7 Å². The van der Waals surface area contributed by atoms with E-state index in [1.54, 1.807) is 7.05 Å². The van der Waals surface area contributed by atoms with Gasteiger partial charge in [-0.3, -0.25) is 4.99 Å². The largest absolute Gasteiger partial charge is 0.363 e. The predicted molar refractivity (Wildman–Crippen MR) is 127 cm³/mol. The Kier molecular flexibility index (Phi) is 7.91. The second-order valence-electron chi connectivity index (χ2n) is 6.95. The van der Waals surface area contributed by atoms with Gasteiger partial charge in [0.2, 0.25) is 0 Å². The van der Waals surface area contributed by atoms with Crippen LogP contribution in [0.3, 0.4) is 0 Å². The van der Waals surface area contributed by atoms with Gasteiger partial charge in [-0.2, -0.15) is 0 Å². The number of benzene rings is 1. The fraction of sp³-hybridized carbons (Fsp3) is 0.400. The number of pyridine rings is 1. The van der Waals surface area contributed by atoms with Crippen molar-refractivity contribution in [2.24, 2.45) is 4.99 Å². The van der Waals surface area contributed by atoms with Crippen molar-refractivity contribution < 1.29 is 0 Å². The fourth-order valence-electron chi connectivity index (χ4n) is 3.00. The molecule has 0 aliphatic heterocycles. The Morgan fingerprint density at radius 1 is 1.19 bits per heavy atom. The predicted octanol–water partition coefficient (Wildman–Crippen LogP) is 3.92. The minimum Gasteiger partial charge on any atom is -0.363 e. The van der Waals surface area contributed by atoms with E-state index in [2.05, 4.69) is 60.8 Å². The van der Waals surface area contributed by atoms with E-state index in [-0.39, 0.29) is 29.4 Å². The Balaban J connectivity index is 0.00000261. The van der Waals surface area contributed by atoms with Gasteiger partial charge in [0, 0.05) is 37.6 Å². The average Bonchev–Trinajstić information content (AvgIpc) is 3.43. The molecule has 0 saturated heterocycles. The molecule has 0 radical (unpaired) electrons. The van der Waals surface area contributed by atoms with Crippen LogP contribution in [0.25, 0.3) is 0 Å². The number of aliphatic imine (C=N–C) groups is 1. The smallest absolute Gasteiger partial charge is 0.191 e. The highest BCUT2D eigenvalue weighted by Gasteiger charge is 2.44. The Morgan fingerprint density at radius 3 is 2.56 bits per heavy atom. The molecule has 0 spiro atoms. The maximum atomic E-state index is 4.63. The van der Waals surface area contributed by atoms with E-state index in [0.29, 0.717) is 6.54 Å². The van der Waals surface area contributed by atoms with Crippen molar-refractivity contribution in [3.63, 3.8) is 0 Å². The van der Waals surface area contributed by atoms with Gasteiger partial charge in [0.15, 0.2) is 5.96 Å². The molecule has 5 nitrogen and oxygen atoms in total. The number of halogens is 2. The molecule has 0 amide bonds. The van der Waals surface area contributed by atoms with Crippen molar-refractivity contribution in [1.82, 2.24) is 15.6 Å². The second-order valence-corrected chi connectivity index (χ2v) is 7.87. The zero-order valence-electron chi connectivity index (χ0n) is 16.0. The number of rotatable bonds is 6. The summed E-state index contributed by atoms with van der Waals surface area (Å²) in [5.74, 6) is 1.77. The lowest BCUT2D eigenvalue weighted by atomic mass is 9.96. The van der Waals surface area contributed by atoms with Crippen LogP contribution in [0.1, 0.15) is 24.1 Å². The summed E-state index contributed by atoms with van der Waals surface area (Å²) in [5, 5.41) is 6.85. The summed E-state index contributed by atoms with van der Waals surface area (Å²) >= 11 is 3.58. The van der Waals surface area contributed by atoms with E-state index in [1.165, 1.54) is 18.4 Å². The number of guanidine groups is 1. The van der Waals surface area contributed by atoms with E-state index >= 15 is 0 Å². The number of anilines is 1. The van der Waals surface area contributed by atoms with Gasteiger partial charge >= 0.3 is 0 Å². The van der Waals surface area contributed by atoms with Crippen LogP contribution >= 0.6 is 39.9 Å². The summed E-state index contributed by atoms with van der Waals surface area (Å²) in [5.41, 5.74) is 2.60. The molecule has 0 bridgehead atoms. The molecule has 1 heterocycles. The van der Waals surface area contributed by atoms with Crippen LogP contribution in [0.4, 0.5) is 5.82 Å². The van der Waals surface area contributed by atoms with Crippen LogP contribution in [0.2, 0.25) is 0 Å². The maximum Gasteiger partial charge on any atom is 0.191 e. The SMILES string of the molecule is CN=C(NCc1cccc(N(C)C)n1)NCC1(c2cccc(Br)c2)CC1.I. The Hall–Kier alpha value is -1.35. The summed E-state index contributed by atoms with van der Waals surface area (Å²) in [7, 11) is 5.80. The van der Waals surface area contributed by atoms with Crippen molar-refractivity contribution in [2.75, 3.05) is 32.6 Å². The van der Waals surface area contributed by atoms with Gasteiger partial charge in [0.05, 0.1) is 12.2 Å². The first-order chi connectivity index (χ1) is 12.5. The van der Waals surface area contributed by atoms with Crippen LogP contribution in [0.5, 0.6) is 0 Å². The second kappa shape index (κ2) is 9.73. The molecule has 1 aliphatic rings. The lowest BCUT2D eigenvalue weighted by Crippen LogP contribution is -2.41. The molecule has 1 aromatic carbocycles. The third kappa shape index (κ3) is 5.81. The normalized spacial score (nSPS) is 14.9. The first kappa shape index (κ1) is 21.9. The lowest BCUT2D eigenvalue weighted by molar-refractivity contribution is 0.644. The summed E-state index contributed by atoms with van der Waals surface area (Å²) < 4.78 is 1.13. The third-order valence-electron chi connectivity index (χ3n) is 4.80. The summed E-state index contributed by atoms with van der Waals surface area (Å²) in [6, 6.07) is 14.7. The number of aromatic nitrogens is 1. The number of hydrogen-bond donors (Lipinski definition) is 2. The van der Waals surface area contributed by atoms with Crippen molar-refractivity contribution >= 4 is 51.7 Å². The molecule has 1 aliphatic carbocycles. The van der Waals surface area contributed by atoms with Gasteiger partial charge in [0.25, 0.3) is 0 Å². The third-order valence-corrected chi connectivity index (χ3v) is 5.29. The highest BCUT2D eigenvalue weighted by Crippen LogP contribution is 2.48.